The number of ether oxygens (including phenoxy) is 1. The molecule has 0 aliphatic carbocycles. The first-order chi connectivity index (χ1) is 18.6. The second-order valence-corrected chi connectivity index (χ2v) is 11.0. The van der Waals surface area contributed by atoms with Gasteiger partial charge >= 0.3 is 0 Å². The van der Waals surface area contributed by atoms with Crippen molar-refractivity contribution in [3.8, 4) is 5.75 Å². The molecule has 0 bridgehead atoms. The largest absolute Gasteiger partial charge is 0.492 e. The topological polar surface area (TPSA) is 51.8 Å². The summed E-state index contributed by atoms with van der Waals surface area (Å²) in [7, 11) is 3.66. The maximum Gasteiger partial charge on any atom is 0.226 e. The molecule has 0 saturated carbocycles. The number of nitrogens with zero attached hydrogens (tertiary/aromatic N) is 3. The van der Waals surface area contributed by atoms with E-state index in [2.05, 4.69) is 41.1 Å². The smallest absolute Gasteiger partial charge is 0.226 e. The molecule has 0 radical (unpaired) electrons. The number of H-pyrrole nitrogens is 1. The van der Waals surface area contributed by atoms with Crippen molar-refractivity contribution in [3.63, 3.8) is 0 Å². The van der Waals surface area contributed by atoms with Gasteiger partial charge in [-0.25, -0.2) is 8.78 Å². The lowest BCUT2D eigenvalue weighted by Crippen LogP contribution is -2.49. The van der Waals surface area contributed by atoms with Crippen molar-refractivity contribution >= 4 is 16.8 Å². The molecular weight excluding hydrogens is 505 g/mol. The number of nitrogens with one attached hydrogen (secondary N) is 1. The molecule has 0 spiro atoms. The average Bonchev–Trinajstić information content (AvgIpc) is 3.22. The summed E-state index contributed by atoms with van der Waals surface area (Å²) >= 11 is 0. The van der Waals surface area contributed by atoms with Crippen LogP contribution in [0.1, 0.15) is 25.1 Å². The number of carbonyl (C=O) groups excluding carboxylic acids is 1. The van der Waals surface area contributed by atoms with E-state index < -0.39 is 11.6 Å². The monoisotopic (exact) mass is 544 g/mol. The molecule has 2 aliphatic rings. The summed E-state index contributed by atoms with van der Waals surface area (Å²) in [6.45, 7) is 8.17. The molecule has 6 nitrogen and oxygen atoms in total. The Bertz CT molecular complexity index is 1240. The Kier molecular flexibility index (Phi) is 9.56. The zero-order valence-corrected chi connectivity index (χ0v) is 23.2. The fraction of sp³-hybridized carbons (Fsp3) is 0.500. The van der Waals surface area contributed by atoms with Crippen molar-refractivity contribution in [1.82, 2.24) is 19.7 Å². The first-order valence-corrected chi connectivity index (χ1v) is 13.6. The Labute approximate surface area is 228 Å². The Hall–Kier alpha value is -3.04. The van der Waals surface area contributed by atoms with Crippen LogP contribution in [0.5, 0.6) is 5.75 Å². The van der Waals surface area contributed by atoms with Gasteiger partial charge in [-0.3, -0.25) is 19.0 Å². The Morgan fingerprint density at radius 2 is 1.85 bits per heavy atom. The van der Waals surface area contributed by atoms with Crippen molar-refractivity contribution in [2.75, 3.05) is 53.6 Å². The summed E-state index contributed by atoms with van der Waals surface area (Å²) in [5.41, 5.74) is 3.98. The van der Waals surface area contributed by atoms with E-state index in [4.69, 9.17) is 4.74 Å². The van der Waals surface area contributed by atoms with Crippen LogP contribution in [-0.4, -0.2) is 85.2 Å². The van der Waals surface area contributed by atoms with Crippen molar-refractivity contribution in [2.45, 2.75) is 32.9 Å². The number of hydrogen-bond donors (Lipinski definition) is 1. The number of benzene rings is 2. The molecule has 1 saturated heterocycles. The van der Waals surface area contributed by atoms with E-state index in [-0.39, 0.29) is 30.2 Å². The summed E-state index contributed by atoms with van der Waals surface area (Å²) in [5.74, 6) is -0.743. The van der Waals surface area contributed by atoms with Crippen LogP contribution in [-0.2, 0) is 17.8 Å². The van der Waals surface area contributed by atoms with E-state index >= 15 is 0 Å². The molecule has 212 valence electrons. The molecule has 2 aromatic carbocycles. The average molecular weight is 545 g/mol. The summed E-state index contributed by atoms with van der Waals surface area (Å²) < 4.78 is 43.0. The van der Waals surface area contributed by atoms with Crippen LogP contribution >= 0.6 is 0 Å². The number of halogens is 3. The predicted molar refractivity (Wildman–Crippen MR) is 147 cm³/mol. The number of rotatable bonds is 8. The van der Waals surface area contributed by atoms with Crippen LogP contribution in [0.25, 0.3) is 10.9 Å². The van der Waals surface area contributed by atoms with Gasteiger partial charge in [-0.15, -0.1) is 0 Å². The number of likely N-dealkylation sites (tertiary alicyclic amines) is 1. The second kappa shape index (κ2) is 12.9. The third kappa shape index (κ3) is 7.33. The Morgan fingerprint density at radius 3 is 2.51 bits per heavy atom. The summed E-state index contributed by atoms with van der Waals surface area (Å²) in [5, 5.41) is 1.35. The van der Waals surface area contributed by atoms with Crippen LogP contribution in [0.4, 0.5) is 13.2 Å². The van der Waals surface area contributed by atoms with Crippen LogP contribution in [0.15, 0.2) is 42.5 Å². The normalized spacial score (nSPS) is 18.6. The first kappa shape index (κ1) is 29.0. The fourth-order valence-corrected chi connectivity index (χ4v) is 5.38. The molecule has 2 aliphatic heterocycles. The van der Waals surface area contributed by atoms with Gasteiger partial charge < -0.3 is 14.6 Å². The number of aromatic amines is 1. The second-order valence-electron chi connectivity index (χ2n) is 11.0. The van der Waals surface area contributed by atoms with E-state index in [0.29, 0.717) is 19.2 Å². The molecular formula is C30H39F3N4O2. The highest BCUT2D eigenvalue weighted by molar-refractivity contribution is 5.85. The quantitative estimate of drug-likeness (QED) is 0.439. The molecule has 0 unspecified atom stereocenters. The van der Waals surface area contributed by atoms with E-state index in [1.165, 1.54) is 22.2 Å². The van der Waals surface area contributed by atoms with Gasteiger partial charge in [0, 0.05) is 99.5 Å². The zero-order chi connectivity index (χ0) is 28.1. The van der Waals surface area contributed by atoms with Gasteiger partial charge in [-0.2, -0.15) is 0 Å². The van der Waals surface area contributed by atoms with Gasteiger partial charge in [0.05, 0.1) is 6.67 Å². The van der Waals surface area contributed by atoms with Crippen LogP contribution in [0.2, 0.25) is 0 Å². The lowest BCUT2D eigenvalue weighted by molar-refractivity contribution is -0.133. The molecule has 1 N–H and O–H groups in total. The van der Waals surface area contributed by atoms with Gasteiger partial charge in [0.15, 0.2) is 0 Å². The fourth-order valence-electron chi connectivity index (χ4n) is 5.38. The SMILES string of the molecule is C[C@H](CN1Cc2[nH]c3ccccc3c2C[C@H]1C)C(=O)N(C)C.FCC1CN(CCOc2cc(F)cc(F)c2)C1. The van der Waals surface area contributed by atoms with Gasteiger partial charge in [0.25, 0.3) is 0 Å². The van der Waals surface area contributed by atoms with E-state index in [1.807, 2.05) is 25.9 Å². The van der Waals surface area contributed by atoms with Crippen molar-refractivity contribution in [3.05, 3.63) is 65.4 Å². The number of carbonyl (C=O) groups is 1. The predicted octanol–water partition coefficient (Wildman–Crippen LogP) is 4.88. The molecule has 3 heterocycles. The highest BCUT2D eigenvalue weighted by Crippen LogP contribution is 2.30. The van der Waals surface area contributed by atoms with Crippen molar-refractivity contribution in [1.29, 1.82) is 0 Å². The van der Waals surface area contributed by atoms with E-state index in [9.17, 15) is 18.0 Å². The molecule has 1 fully saturated rings. The Morgan fingerprint density at radius 1 is 1.15 bits per heavy atom. The Balaban J connectivity index is 0.000000187. The lowest BCUT2D eigenvalue weighted by atomic mass is 9.96. The zero-order valence-electron chi connectivity index (χ0n) is 23.2. The third-order valence-electron chi connectivity index (χ3n) is 7.52. The molecule has 9 heteroatoms. The maximum absolute atomic E-state index is 12.8. The van der Waals surface area contributed by atoms with Gasteiger partial charge in [0.1, 0.15) is 24.0 Å². The third-order valence-corrected chi connectivity index (χ3v) is 7.52. The van der Waals surface area contributed by atoms with Crippen LogP contribution < -0.4 is 4.74 Å². The number of alkyl halides is 1. The van der Waals surface area contributed by atoms with Gasteiger partial charge in [0.2, 0.25) is 5.91 Å². The lowest BCUT2D eigenvalue weighted by Gasteiger charge is -2.37. The number of para-hydroxylation sites is 1. The maximum atomic E-state index is 12.8. The van der Waals surface area contributed by atoms with Gasteiger partial charge in [-0.05, 0) is 25.0 Å². The van der Waals surface area contributed by atoms with Crippen LogP contribution in [0.3, 0.4) is 0 Å². The number of amides is 1. The highest BCUT2D eigenvalue weighted by atomic mass is 19.1. The van der Waals surface area contributed by atoms with Crippen molar-refractivity contribution in [2.24, 2.45) is 11.8 Å². The molecule has 39 heavy (non-hydrogen) atoms. The summed E-state index contributed by atoms with van der Waals surface area (Å²) in [4.78, 5) is 21.8. The molecule has 2 atom stereocenters. The number of fused-ring (bicyclic) bond motifs is 3. The highest BCUT2D eigenvalue weighted by Gasteiger charge is 2.29. The number of aromatic nitrogens is 1. The number of hydrogen-bond acceptors (Lipinski definition) is 4. The van der Waals surface area contributed by atoms with Crippen LogP contribution in [0, 0.1) is 23.5 Å². The summed E-state index contributed by atoms with van der Waals surface area (Å²) in [6, 6.07) is 12.1. The van der Waals surface area contributed by atoms with E-state index in [0.717, 1.165) is 50.8 Å². The first-order valence-electron chi connectivity index (χ1n) is 13.6. The molecule has 3 aromatic rings. The standard InChI is InChI=1S/C18H25N3O.C12H14F3NO/c1-12(18(22)20(3)4)10-21-11-17-15(9-13(21)2)14-7-5-6-8-16(14)19-17;13-6-9-7-16(8-9)1-2-17-12-4-10(14)3-11(15)5-12/h5-8,12-13,19H,9-11H2,1-4H3;3-5,9H,1-2,6-8H2/t12-,13-;/m1./s1. The van der Waals surface area contributed by atoms with E-state index in [1.54, 1.807) is 4.90 Å². The minimum atomic E-state index is -0.651. The summed E-state index contributed by atoms with van der Waals surface area (Å²) in [6.07, 6.45) is 1.04. The van der Waals surface area contributed by atoms with Crippen molar-refractivity contribution < 1.29 is 22.7 Å². The molecule has 5 rings (SSSR count). The van der Waals surface area contributed by atoms with Gasteiger partial charge in [-0.1, -0.05) is 25.1 Å². The molecule has 1 aromatic heterocycles. The minimum Gasteiger partial charge on any atom is -0.492 e. The molecule has 1 amide bonds. The minimum absolute atomic E-state index is 0.0309.